The van der Waals surface area contributed by atoms with Crippen molar-refractivity contribution in [1.82, 2.24) is 14.8 Å². The van der Waals surface area contributed by atoms with Gasteiger partial charge in [-0.1, -0.05) is 6.07 Å². The van der Waals surface area contributed by atoms with E-state index in [1.807, 2.05) is 29.2 Å². The van der Waals surface area contributed by atoms with E-state index in [-0.39, 0.29) is 5.91 Å². The average Bonchev–Trinajstić information content (AvgIpc) is 3.26. The molecular formula is C20H23N3O2S. The van der Waals surface area contributed by atoms with E-state index in [9.17, 15) is 4.79 Å². The Kier molecular flexibility index (Phi) is 4.95. The number of fused-ring (bicyclic) bond motifs is 1. The molecule has 1 amide bonds. The van der Waals surface area contributed by atoms with Gasteiger partial charge in [0, 0.05) is 48.5 Å². The summed E-state index contributed by atoms with van der Waals surface area (Å²) in [6.45, 7) is 4.50. The number of thiophene rings is 1. The molecular weight excluding hydrogens is 346 g/mol. The highest BCUT2D eigenvalue weighted by molar-refractivity contribution is 7.09. The molecule has 1 fully saturated rings. The lowest BCUT2D eigenvalue weighted by Gasteiger charge is -2.21. The molecule has 0 atom stereocenters. The average molecular weight is 369 g/mol. The fourth-order valence-electron chi connectivity index (χ4n) is 3.48. The summed E-state index contributed by atoms with van der Waals surface area (Å²) in [4.78, 5) is 22.0. The minimum absolute atomic E-state index is 0.0816. The van der Waals surface area contributed by atoms with Gasteiger partial charge in [0.25, 0.3) is 5.91 Å². The number of nitrogens with one attached hydrogen (secondary N) is 1. The molecule has 0 aliphatic carbocycles. The fraction of sp³-hybridized carbons (Fsp3) is 0.350. The summed E-state index contributed by atoms with van der Waals surface area (Å²) in [6, 6.07) is 12.0. The second kappa shape index (κ2) is 7.51. The minimum atomic E-state index is 0.0816. The van der Waals surface area contributed by atoms with E-state index < -0.39 is 0 Å². The van der Waals surface area contributed by atoms with E-state index in [4.69, 9.17) is 4.74 Å². The van der Waals surface area contributed by atoms with Crippen LogP contribution in [0.15, 0.2) is 41.8 Å². The molecule has 6 heteroatoms. The molecule has 136 valence electrons. The number of aromatic amines is 1. The Balaban J connectivity index is 1.44. The number of carbonyl (C=O) groups excluding carboxylic acids is 1. The molecule has 3 aromatic rings. The number of hydrogen-bond donors (Lipinski definition) is 1. The number of benzene rings is 1. The van der Waals surface area contributed by atoms with Crippen molar-refractivity contribution < 1.29 is 9.53 Å². The van der Waals surface area contributed by atoms with Gasteiger partial charge >= 0.3 is 0 Å². The Labute approximate surface area is 157 Å². The maximum absolute atomic E-state index is 12.9. The van der Waals surface area contributed by atoms with Crippen LogP contribution in [-0.4, -0.2) is 54.0 Å². The van der Waals surface area contributed by atoms with Gasteiger partial charge in [0.1, 0.15) is 11.4 Å². The molecule has 1 saturated heterocycles. The monoisotopic (exact) mass is 369 g/mol. The second-order valence-corrected chi connectivity index (χ2v) is 7.67. The molecule has 2 aromatic heterocycles. The van der Waals surface area contributed by atoms with Crippen molar-refractivity contribution in [2.75, 3.05) is 33.3 Å². The highest BCUT2D eigenvalue weighted by Crippen LogP contribution is 2.22. The lowest BCUT2D eigenvalue weighted by Crippen LogP contribution is -2.35. The van der Waals surface area contributed by atoms with Crippen molar-refractivity contribution in [3.05, 3.63) is 52.3 Å². The van der Waals surface area contributed by atoms with Crippen LogP contribution < -0.4 is 4.74 Å². The highest BCUT2D eigenvalue weighted by Gasteiger charge is 2.22. The first-order valence-electron chi connectivity index (χ1n) is 8.94. The lowest BCUT2D eigenvalue weighted by atomic mass is 10.2. The Hall–Kier alpha value is -2.31. The predicted octanol–water partition coefficient (Wildman–Crippen LogP) is 3.59. The van der Waals surface area contributed by atoms with Crippen LogP contribution in [0.1, 0.15) is 21.8 Å². The third-order valence-electron chi connectivity index (χ3n) is 4.89. The molecule has 4 rings (SSSR count). The van der Waals surface area contributed by atoms with Crippen molar-refractivity contribution in [2.24, 2.45) is 0 Å². The van der Waals surface area contributed by atoms with Crippen LogP contribution in [-0.2, 0) is 6.54 Å². The topological polar surface area (TPSA) is 48.6 Å². The van der Waals surface area contributed by atoms with Gasteiger partial charge in [-0.15, -0.1) is 11.3 Å². The summed E-state index contributed by atoms with van der Waals surface area (Å²) in [5.41, 5.74) is 1.61. The zero-order valence-electron chi connectivity index (χ0n) is 14.9. The number of ether oxygens (including phenoxy) is 1. The number of amides is 1. The summed E-state index contributed by atoms with van der Waals surface area (Å²) < 4.78 is 5.27. The molecule has 0 bridgehead atoms. The van der Waals surface area contributed by atoms with Crippen molar-refractivity contribution in [3.8, 4) is 5.75 Å². The van der Waals surface area contributed by atoms with Crippen LogP contribution in [0, 0.1) is 0 Å². The van der Waals surface area contributed by atoms with Gasteiger partial charge in [0.2, 0.25) is 0 Å². The van der Waals surface area contributed by atoms with Crippen molar-refractivity contribution >= 4 is 28.1 Å². The van der Waals surface area contributed by atoms with E-state index in [0.717, 1.165) is 55.8 Å². The molecule has 1 aliphatic rings. The largest absolute Gasteiger partial charge is 0.497 e. The molecule has 0 saturated carbocycles. The standard InChI is InChI=1S/C20H23N3O2S/c1-25-16-5-6-18-15(12-16)13-19(21-18)20(24)23-8-3-7-22(9-10-23)14-17-4-2-11-26-17/h2,4-6,11-13,21H,3,7-10,14H2,1H3. The smallest absolute Gasteiger partial charge is 0.270 e. The summed E-state index contributed by atoms with van der Waals surface area (Å²) >= 11 is 1.80. The summed E-state index contributed by atoms with van der Waals surface area (Å²) in [6.07, 6.45) is 1.01. The molecule has 5 nitrogen and oxygen atoms in total. The number of nitrogens with zero attached hydrogens (tertiary/aromatic N) is 2. The van der Waals surface area contributed by atoms with Crippen LogP contribution in [0.2, 0.25) is 0 Å². The Morgan fingerprint density at radius 3 is 2.92 bits per heavy atom. The van der Waals surface area contributed by atoms with E-state index >= 15 is 0 Å². The third kappa shape index (κ3) is 3.61. The van der Waals surface area contributed by atoms with Gasteiger partial charge < -0.3 is 14.6 Å². The zero-order valence-corrected chi connectivity index (χ0v) is 15.7. The van der Waals surface area contributed by atoms with Crippen LogP contribution in [0.3, 0.4) is 0 Å². The molecule has 26 heavy (non-hydrogen) atoms. The third-order valence-corrected chi connectivity index (χ3v) is 5.75. The van der Waals surface area contributed by atoms with Crippen LogP contribution in [0.4, 0.5) is 0 Å². The number of carbonyl (C=O) groups is 1. The van der Waals surface area contributed by atoms with Gasteiger partial charge in [-0.05, 0) is 42.1 Å². The quantitative estimate of drug-likeness (QED) is 0.765. The van der Waals surface area contributed by atoms with Crippen molar-refractivity contribution in [3.63, 3.8) is 0 Å². The second-order valence-electron chi connectivity index (χ2n) is 6.64. The number of H-pyrrole nitrogens is 1. The van der Waals surface area contributed by atoms with Gasteiger partial charge in [0.05, 0.1) is 7.11 Å². The van der Waals surface area contributed by atoms with E-state index in [1.54, 1.807) is 18.4 Å². The first-order valence-corrected chi connectivity index (χ1v) is 9.82. The van der Waals surface area contributed by atoms with Crippen LogP contribution in [0.25, 0.3) is 10.9 Å². The zero-order chi connectivity index (χ0) is 17.9. The summed E-state index contributed by atoms with van der Waals surface area (Å²) in [7, 11) is 1.65. The van der Waals surface area contributed by atoms with E-state index in [0.29, 0.717) is 5.69 Å². The first kappa shape index (κ1) is 17.1. The maximum Gasteiger partial charge on any atom is 0.270 e. The maximum atomic E-state index is 12.9. The minimum Gasteiger partial charge on any atom is -0.497 e. The molecule has 3 heterocycles. The Morgan fingerprint density at radius 2 is 2.12 bits per heavy atom. The van der Waals surface area contributed by atoms with Gasteiger partial charge in [-0.25, -0.2) is 0 Å². The number of hydrogen-bond acceptors (Lipinski definition) is 4. The molecule has 0 unspecified atom stereocenters. The molecule has 1 aromatic carbocycles. The SMILES string of the molecule is COc1ccc2[nH]c(C(=O)N3CCCN(Cc4cccs4)CC3)cc2c1. The number of rotatable bonds is 4. The fourth-order valence-corrected chi connectivity index (χ4v) is 4.22. The predicted molar refractivity (Wildman–Crippen MR) is 105 cm³/mol. The van der Waals surface area contributed by atoms with Gasteiger partial charge in [0.15, 0.2) is 0 Å². The normalized spacial score (nSPS) is 16.0. The van der Waals surface area contributed by atoms with E-state index in [2.05, 4.69) is 27.4 Å². The van der Waals surface area contributed by atoms with Gasteiger partial charge in [-0.2, -0.15) is 0 Å². The van der Waals surface area contributed by atoms with Crippen LogP contribution in [0.5, 0.6) is 5.75 Å². The van der Waals surface area contributed by atoms with Crippen LogP contribution >= 0.6 is 11.3 Å². The first-order chi connectivity index (χ1) is 12.7. The summed E-state index contributed by atoms with van der Waals surface area (Å²) in [5.74, 6) is 0.882. The van der Waals surface area contributed by atoms with Crippen molar-refractivity contribution in [1.29, 1.82) is 0 Å². The highest BCUT2D eigenvalue weighted by atomic mass is 32.1. The molecule has 0 radical (unpaired) electrons. The molecule has 0 spiro atoms. The molecule has 1 aliphatic heterocycles. The van der Waals surface area contributed by atoms with Gasteiger partial charge in [-0.3, -0.25) is 9.69 Å². The number of aromatic nitrogens is 1. The Morgan fingerprint density at radius 1 is 1.19 bits per heavy atom. The molecule has 1 N–H and O–H groups in total. The van der Waals surface area contributed by atoms with Crippen molar-refractivity contribution in [2.45, 2.75) is 13.0 Å². The lowest BCUT2D eigenvalue weighted by molar-refractivity contribution is 0.0756. The van der Waals surface area contributed by atoms with E-state index in [1.165, 1.54) is 4.88 Å². The Bertz CT molecular complexity index is 888. The number of methoxy groups -OCH3 is 1. The summed E-state index contributed by atoms with van der Waals surface area (Å²) in [5, 5.41) is 3.12.